The van der Waals surface area contributed by atoms with Crippen molar-refractivity contribution in [1.29, 1.82) is 0 Å². The lowest BCUT2D eigenvalue weighted by molar-refractivity contribution is -0.206. The van der Waals surface area contributed by atoms with Gasteiger partial charge in [-0.1, -0.05) is 13.8 Å². The average molecular weight is 237 g/mol. The topological polar surface area (TPSA) is 64.1 Å². The highest BCUT2D eigenvalue weighted by Crippen LogP contribution is 2.34. The van der Waals surface area contributed by atoms with Crippen LogP contribution in [0.25, 0.3) is 0 Å². The first-order chi connectivity index (χ1) is 7.23. The summed E-state index contributed by atoms with van der Waals surface area (Å²) in [5.41, 5.74) is 5.09. The predicted molar refractivity (Wildman–Crippen MR) is 52.5 cm³/mol. The molecule has 0 aliphatic heterocycles. The van der Waals surface area contributed by atoms with Gasteiger partial charge in [0.1, 0.15) is 5.82 Å². The minimum absolute atomic E-state index is 0.140. The minimum Gasteiger partial charge on any atom is -0.384 e. The third-order valence-corrected chi connectivity index (χ3v) is 2.05. The number of rotatable bonds is 3. The van der Waals surface area contributed by atoms with Gasteiger partial charge in [0.25, 0.3) is 0 Å². The molecule has 1 heterocycles. The lowest BCUT2D eigenvalue weighted by Gasteiger charge is -2.14. The molecule has 1 rings (SSSR count). The molecule has 7 heteroatoms. The van der Waals surface area contributed by atoms with Gasteiger partial charge in [0.15, 0.2) is 6.10 Å². The molecule has 0 spiro atoms. The lowest BCUT2D eigenvalue weighted by atomic mass is 10.2. The molecule has 0 aliphatic rings. The molecule has 0 aliphatic carbocycles. The molecule has 0 saturated carbocycles. The highest BCUT2D eigenvalue weighted by Gasteiger charge is 2.41. The van der Waals surface area contributed by atoms with Crippen molar-refractivity contribution in [2.45, 2.75) is 32.7 Å². The van der Waals surface area contributed by atoms with Crippen LogP contribution in [0.1, 0.15) is 25.5 Å². The molecule has 16 heavy (non-hydrogen) atoms. The molecule has 0 amide bonds. The maximum Gasteiger partial charge on any atom is 0.418 e. The first-order valence-corrected chi connectivity index (χ1v) is 4.79. The van der Waals surface area contributed by atoms with Crippen LogP contribution >= 0.6 is 0 Å². The number of nitrogens with zero attached hydrogens (tertiary/aromatic N) is 2. The van der Waals surface area contributed by atoms with E-state index in [4.69, 9.17) is 10.8 Å². The van der Waals surface area contributed by atoms with E-state index in [-0.39, 0.29) is 11.7 Å². The van der Waals surface area contributed by atoms with Crippen LogP contribution in [-0.4, -0.2) is 21.1 Å². The zero-order valence-corrected chi connectivity index (χ0v) is 8.99. The Kier molecular flexibility index (Phi) is 3.47. The maximum atomic E-state index is 12.2. The van der Waals surface area contributed by atoms with Crippen LogP contribution in [0.2, 0.25) is 0 Å². The van der Waals surface area contributed by atoms with Gasteiger partial charge in [0.05, 0.1) is 11.8 Å². The summed E-state index contributed by atoms with van der Waals surface area (Å²) in [4.78, 5) is 0. The second-order valence-electron chi connectivity index (χ2n) is 4.01. The molecule has 4 nitrogen and oxygen atoms in total. The SMILES string of the molecule is CC(C)Cn1ncc(C(O)C(F)(F)F)c1N. The van der Waals surface area contributed by atoms with Crippen LogP contribution in [0, 0.1) is 5.92 Å². The molecule has 92 valence electrons. The van der Waals surface area contributed by atoms with Crippen molar-refractivity contribution in [3.8, 4) is 0 Å². The Morgan fingerprint density at radius 1 is 1.50 bits per heavy atom. The Morgan fingerprint density at radius 3 is 2.50 bits per heavy atom. The number of halogens is 3. The number of aromatic nitrogens is 2. The number of alkyl halides is 3. The molecular weight excluding hydrogens is 223 g/mol. The fraction of sp³-hybridized carbons (Fsp3) is 0.667. The van der Waals surface area contributed by atoms with Gasteiger partial charge in [-0.15, -0.1) is 0 Å². The normalized spacial score (nSPS) is 14.4. The first-order valence-electron chi connectivity index (χ1n) is 4.79. The fourth-order valence-electron chi connectivity index (χ4n) is 1.29. The van der Waals surface area contributed by atoms with Gasteiger partial charge in [0, 0.05) is 6.54 Å². The van der Waals surface area contributed by atoms with E-state index >= 15 is 0 Å². The average Bonchev–Trinajstić information content (AvgIpc) is 2.45. The molecule has 3 N–H and O–H groups in total. The van der Waals surface area contributed by atoms with E-state index in [1.54, 1.807) is 0 Å². The van der Waals surface area contributed by atoms with Gasteiger partial charge in [-0.05, 0) is 5.92 Å². The second kappa shape index (κ2) is 4.32. The van der Waals surface area contributed by atoms with E-state index in [0.717, 1.165) is 6.20 Å². The summed E-state index contributed by atoms with van der Waals surface area (Å²) in [6.45, 7) is 4.19. The standard InChI is InChI=1S/C9H14F3N3O/c1-5(2)4-15-8(13)6(3-14-15)7(16)9(10,11)12/h3,5,7,16H,4,13H2,1-2H3. The third kappa shape index (κ3) is 2.66. The van der Waals surface area contributed by atoms with Gasteiger partial charge in [-0.2, -0.15) is 18.3 Å². The van der Waals surface area contributed by atoms with Gasteiger partial charge >= 0.3 is 6.18 Å². The molecular formula is C9H14F3N3O. The van der Waals surface area contributed by atoms with Crippen molar-refractivity contribution in [3.05, 3.63) is 11.8 Å². The molecule has 0 radical (unpaired) electrons. The largest absolute Gasteiger partial charge is 0.418 e. The Morgan fingerprint density at radius 2 is 2.06 bits per heavy atom. The van der Waals surface area contributed by atoms with Crippen molar-refractivity contribution in [2.24, 2.45) is 5.92 Å². The summed E-state index contributed by atoms with van der Waals surface area (Å²) < 4.78 is 38.0. The fourth-order valence-corrected chi connectivity index (χ4v) is 1.29. The zero-order chi connectivity index (χ0) is 12.5. The summed E-state index contributed by atoms with van der Waals surface area (Å²) in [6.07, 6.45) is -6.34. The third-order valence-electron chi connectivity index (χ3n) is 2.05. The molecule has 0 aromatic carbocycles. The van der Waals surface area contributed by atoms with E-state index in [0.29, 0.717) is 6.54 Å². The second-order valence-corrected chi connectivity index (χ2v) is 4.01. The Hall–Kier alpha value is -1.24. The smallest absolute Gasteiger partial charge is 0.384 e. The summed E-state index contributed by atoms with van der Waals surface area (Å²) in [5, 5.41) is 12.7. The number of nitrogens with two attached hydrogens (primary N) is 1. The Balaban J connectivity index is 2.96. The summed E-state index contributed by atoms with van der Waals surface area (Å²) >= 11 is 0. The van der Waals surface area contributed by atoms with E-state index < -0.39 is 17.8 Å². The summed E-state index contributed by atoms with van der Waals surface area (Å²) in [6, 6.07) is 0. The van der Waals surface area contributed by atoms with Crippen molar-refractivity contribution in [3.63, 3.8) is 0 Å². The van der Waals surface area contributed by atoms with Crippen LogP contribution in [0.4, 0.5) is 19.0 Å². The van der Waals surface area contributed by atoms with Crippen LogP contribution in [0.5, 0.6) is 0 Å². The lowest BCUT2D eigenvalue weighted by Crippen LogP contribution is -2.21. The maximum absolute atomic E-state index is 12.2. The number of aliphatic hydroxyl groups excluding tert-OH is 1. The quantitative estimate of drug-likeness (QED) is 0.841. The predicted octanol–water partition coefficient (Wildman–Crippen LogP) is 1.72. The number of hydrogen-bond acceptors (Lipinski definition) is 3. The minimum atomic E-state index is -4.72. The molecule has 1 unspecified atom stereocenters. The van der Waals surface area contributed by atoms with Crippen LogP contribution in [0.15, 0.2) is 6.20 Å². The van der Waals surface area contributed by atoms with Gasteiger partial charge in [-0.3, -0.25) is 0 Å². The molecule has 1 atom stereocenters. The van der Waals surface area contributed by atoms with E-state index in [2.05, 4.69) is 5.10 Å². The zero-order valence-electron chi connectivity index (χ0n) is 8.99. The monoisotopic (exact) mass is 237 g/mol. The van der Waals surface area contributed by atoms with Crippen LogP contribution in [-0.2, 0) is 6.54 Å². The van der Waals surface area contributed by atoms with Crippen molar-refractivity contribution >= 4 is 5.82 Å². The van der Waals surface area contributed by atoms with Gasteiger partial charge in [-0.25, -0.2) is 4.68 Å². The van der Waals surface area contributed by atoms with Crippen molar-refractivity contribution in [2.75, 3.05) is 5.73 Å². The molecule has 0 fully saturated rings. The Bertz CT molecular complexity index is 359. The highest BCUT2D eigenvalue weighted by atomic mass is 19.4. The summed E-state index contributed by atoms with van der Waals surface area (Å²) in [5.74, 6) is 0.0663. The number of aliphatic hydroxyl groups is 1. The Labute approximate surface area is 90.9 Å². The molecule has 0 bridgehead atoms. The number of anilines is 1. The van der Waals surface area contributed by atoms with Gasteiger partial charge in [0.2, 0.25) is 0 Å². The molecule has 1 aromatic rings. The summed E-state index contributed by atoms with van der Waals surface area (Å²) in [7, 11) is 0. The first kappa shape index (κ1) is 12.8. The molecule has 1 aromatic heterocycles. The highest BCUT2D eigenvalue weighted by molar-refractivity contribution is 5.40. The number of hydrogen-bond donors (Lipinski definition) is 2. The van der Waals surface area contributed by atoms with E-state index in [9.17, 15) is 13.2 Å². The van der Waals surface area contributed by atoms with Crippen LogP contribution < -0.4 is 5.73 Å². The van der Waals surface area contributed by atoms with Crippen LogP contribution in [0.3, 0.4) is 0 Å². The van der Waals surface area contributed by atoms with E-state index in [1.165, 1.54) is 4.68 Å². The van der Waals surface area contributed by atoms with Crippen molar-refractivity contribution in [1.82, 2.24) is 9.78 Å². The van der Waals surface area contributed by atoms with E-state index in [1.807, 2.05) is 13.8 Å². The van der Waals surface area contributed by atoms with Crippen molar-refractivity contribution < 1.29 is 18.3 Å². The van der Waals surface area contributed by atoms with Gasteiger partial charge < -0.3 is 10.8 Å². The molecule has 0 saturated heterocycles. The number of nitrogen functional groups attached to an aromatic ring is 1.